The summed E-state index contributed by atoms with van der Waals surface area (Å²) in [6.45, 7) is 1.06. The molecule has 222 valence electrons. The molecule has 0 saturated carbocycles. The van der Waals surface area contributed by atoms with Crippen LogP contribution in [0.15, 0.2) is 69.3 Å². The number of hydrogen-bond acceptors (Lipinski definition) is 9. The van der Waals surface area contributed by atoms with Crippen LogP contribution in [-0.2, 0) is 31.8 Å². The van der Waals surface area contributed by atoms with E-state index in [1.165, 1.54) is 28.7 Å². The molecule has 12 nitrogen and oxygen atoms in total. The van der Waals surface area contributed by atoms with E-state index in [4.69, 9.17) is 14.6 Å². The molecule has 0 amide bonds. The van der Waals surface area contributed by atoms with Crippen molar-refractivity contribution in [3.05, 3.63) is 65.0 Å². The molecule has 2 atom stereocenters. The van der Waals surface area contributed by atoms with Gasteiger partial charge in [-0.05, 0) is 43.5 Å². The number of aryl methyl sites for hydroxylation is 1. The monoisotopic (exact) mass is 606 g/mol. The zero-order valence-electron chi connectivity index (χ0n) is 22.6. The zero-order chi connectivity index (χ0) is 29.4. The molecule has 0 aliphatic carbocycles. The highest BCUT2D eigenvalue weighted by atomic mass is 32.2. The van der Waals surface area contributed by atoms with Gasteiger partial charge in [-0.1, -0.05) is 18.2 Å². The summed E-state index contributed by atoms with van der Waals surface area (Å²) in [7, 11) is -6.12. The predicted molar refractivity (Wildman–Crippen MR) is 152 cm³/mol. The van der Waals surface area contributed by atoms with E-state index in [0.717, 1.165) is 0 Å². The quantitative estimate of drug-likeness (QED) is 0.314. The molecule has 1 spiro atoms. The fourth-order valence-corrected chi connectivity index (χ4v) is 7.61. The first-order valence-corrected chi connectivity index (χ1v) is 16.3. The standard InChI is InChI=1S/C27H34N4O8S2/c1-30-16-25(26(33)23-7-2-3-8-24(23)30)41(36,37)31-11-9-27(10-12-31)14-19(17-39-27)29-15-20(32)18-38-21-5-4-6-22(13-21)40(28,34)35/h2-8,13,16,19-20,29,32H,9-12,14-15,17-18H2,1H3,(H2,28,34,35). The Morgan fingerprint density at radius 1 is 1.15 bits per heavy atom. The van der Waals surface area contributed by atoms with Crippen LogP contribution in [0, 0.1) is 0 Å². The number of aliphatic hydroxyl groups is 1. The van der Waals surface area contributed by atoms with Crippen LogP contribution in [0.5, 0.6) is 5.75 Å². The van der Waals surface area contributed by atoms with Crippen molar-refractivity contribution in [3.63, 3.8) is 0 Å². The first kappa shape index (κ1) is 29.6. The number of nitrogens with zero attached hydrogens (tertiary/aromatic N) is 2. The van der Waals surface area contributed by atoms with Gasteiger partial charge in [0, 0.05) is 50.4 Å². The number of nitrogens with one attached hydrogen (secondary N) is 1. The van der Waals surface area contributed by atoms with Gasteiger partial charge < -0.3 is 24.5 Å². The molecule has 14 heteroatoms. The second kappa shape index (κ2) is 11.4. The molecule has 2 aliphatic heterocycles. The maximum atomic E-state index is 13.5. The molecule has 2 aromatic carbocycles. The van der Waals surface area contributed by atoms with Gasteiger partial charge in [0.25, 0.3) is 0 Å². The lowest BCUT2D eigenvalue weighted by atomic mass is 9.88. The largest absolute Gasteiger partial charge is 0.491 e. The van der Waals surface area contributed by atoms with E-state index in [0.29, 0.717) is 36.8 Å². The van der Waals surface area contributed by atoms with Gasteiger partial charge in [0.15, 0.2) is 0 Å². The van der Waals surface area contributed by atoms with Gasteiger partial charge in [0.05, 0.1) is 22.6 Å². The van der Waals surface area contributed by atoms with E-state index in [1.54, 1.807) is 41.9 Å². The van der Waals surface area contributed by atoms with Gasteiger partial charge in [-0.3, -0.25) is 4.79 Å². The predicted octanol–water partition coefficient (Wildman–Crippen LogP) is 0.528. The summed E-state index contributed by atoms with van der Waals surface area (Å²) in [5.74, 6) is 0.280. The van der Waals surface area contributed by atoms with Crippen LogP contribution in [0.3, 0.4) is 0 Å². The molecular weight excluding hydrogens is 572 g/mol. The first-order chi connectivity index (χ1) is 19.4. The minimum Gasteiger partial charge on any atom is -0.491 e. The number of para-hydroxylation sites is 1. The Labute approximate surface area is 238 Å². The molecule has 2 unspecified atom stereocenters. The Balaban J connectivity index is 1.13. The van der Waals surface area contributed by atoms with E-state index >= 15 is 0 Å². The number of primary sulfonamides is 1. The van der Waals surface area contributed by atoms with Crippen LogP contribution in [0.4, 0.5) is 0 Å². The second-order valence-corrected chi connectivity index (χ2v) is 14.1. The molecular formula is C27H34N4O8S2. The van der Waals surface area contributed by atoms with Gasteiger partial charge in [-0.2, -0.15) is 4.31 Å². The van der Waals surface area contributed by atoms with Crippen molar-refractivity contribution in [2.24, 2.45) is 12.2 Å². The van der Waals surface area contributed by atoms with Crippen LogP contribution in [0.25, 0.3) is 10.9 Å². The minimum atomic E-state index is -3.99. The molecule has 4 N–H and O–H groups in total. The molecule has 41 heavy (non-hydrogen) atoms. The van der Waals surface area contributed by atoms with E-state index < -0.39 is 37.2 Å². The molecule has 2 fully saturated rings. The Bertz CT molecular complexity index is 1700. The number of nitrogens with two attached hydrogens (primary N) is 1. The van der Waals surface area contributed by atoms with Crippen molar-refractivity contribution in [1.82, 2.24) is 14.2 Å². The Hall–Kier alpha value is -2.85. The SMILES string of the molecule is Cn1cc(S(=O)(=O)N2CCC3(CC2)CC(NCC(O)COc2cccc(S(N)(=O)=O)c2)CO3)c(=O)c2ccccc21. The molecule has 3 heterocycles. The Morgan fingerprint density at radius 3 is 2.61 bits per heavy atom. The smallest absolute Gasteiger partial charge is 0.248 e. The summed E-state index contributed by atoms with van der Waals surface area (Å²) in [6.07, 6.45) is 2.17. The zero-order valence-corrected chi connectivity index (χ0v) is 24.2. The molecule has 2 saturated heterocycles. The Kier molecular flexibility index (Phi) is 8.27. The average molecular weight is 607 g/mol. The fraction of sp³-hybridized carbons (Fsp3) is 0.444. The number of aromatic nitrogens is 1. The molecule has 0 radical (unpaired) electrons. The third kappa shape index (κ3) is 6.33. The van der Waals surface area contributed by atoms with Gasteiger partial charge in [-0.15, -0.1) is 0 Å². The lowest BCUT2D eigenvalue weighted by molar-refractivity contribution is -0.0312. The molecule has 5 rings (SSSR count). The number of benzene rings is 2. The van der Waals surface area contributed by atoms with Crippen LogP contribution in [-0.4, -0.2) is 81.4 Å². The van der Waals surface area contributed by atoms with E-state index in [-0.39, 0.29) is 47.8 Å². The molecule has 1 aromatic heterocycles. The van der Waals surface area contributed by atoms with Gasteiger partial charge in [-0.25, -0.2) is 22.0 Å². The maximum absolute atomic E-state index is 13.5. The summed E-state index contributed by atoms with van der Waals surface area (Å²) in [4.78, 5) is 12.8. The second-order valence-electron chi connectivity index (χ2n) is 10.6. The lowest BCUT2D eigenvalue weighted by Crippen LogP contribution is -2.47. The number of aliphatic hydroxyl groups excluding tert-OH is 1. The summed E-state index contributed by atoms with van der Waals surface area (Å²) >= 11 is 0. The van der Waals surface area contributed by atoms with Gasteiger partial charge in [0.2, 0.25) is 25.5 Å². The normalized spacial score (nSPS) is 20.4. The lowest BCUT2D eigenvalue weighted by Gasteiger charge is -2.38. The molecule has 0 bridgehead atoms. The average Bonchev–Trinajstić information content (AvgIpc) is 3.34. The van der Waals surface area contributed by atoms with Crippen molar-refractivity contribution in [2.45, 2.75) is 46.8 Å². The third-order valence-corrected chi connectivity index (χ3v) is 10.5. The summed E-state index contributed by atoms with van der Waals surface area (Å²) in [5.41, 5.74) is -0.312. The highest BCUT2D eigenvalue weighted by Crippen LogP contribution is 2.37. The number of piperidine rings is 1. The topological polar surface area (TPSA) is 170 Å². The fourth-order valence-electron chi connectivity index (χ4n) is 5.49. The van der Waals surface area contributed by atoms with Crippen LogP contribution < -0.4 is 20.6 Å². The number of sulfonamides is 2. The van der Waals surface area contributed by atoms with E-state index in [9.17, 15) is 26.7 Å². The third-order valence-electron chi connectivity index (χ3n) is 7.74. The van der Waals surface area contributed by atoms with Crippen LogP contribution >= 0.6 is 0 Å². The highest BCUT2D eigenvalue weighted by molar-refractivity contribution is 7.89. The van der Waals surface area contributed by atoms with Crippen molar-refractivity contribution in [2.75, 3.05) is 32.8 Å². The molecule has 2 aliphatic rings. The van der Waals surface area contributed by atoms with Crippen LogP contribution in [0.1, 0.15) is 19.3 Å². The summed E-state index contributed by atoms with van der Waals surface area (Å²) in [5, 5.41) is 19.2. The summed E-state index contributed by atoms with van der Waals surface area (Å²) in [6, 6.07) is 12.6. The highest BCUT2D eigenvalue weighted by Gasteiger charge is 2.45. The van der Waals surface area contributed by atoms with Crippen molar-refractivity contribution in [3.8, 4) is 5.75 Å². The number of rotatable bonds is 9. The van der Waals surface area contributed by atoms with Crippen molar-refractivity contribution in [1.29, 1.82) is 0 Å². The van der Waals surface area contributed by atoms with Gasteiger partial charge in [0.1, 0.15) is 23.4 Å². The first-order valence-electron chi connectivity index (χ1n) is 13.3. The summed E-state index contributed by atoms with van der Waals surface area (Å²) < 4.78 is 64.6. The number of ether oxygens (including phenoxy) is 2. The Morgan fingerprint density at radius 2 is 1.88 bits per heavy atom. The van der Waals surface area contributed by atoms with Crippen molar-refractivity contribution < 1.29 is 31.4 Å². The molecule has 3 aromatic rings. The van der Waals surface area contributed by atoms with E-state index in [1.807, 2.05) is 0 Å². The van der Waals surface area contributed by atoms with E-state index in [2.05, 4.69) is 5.32 Å². The maximum Gasteiger partial charge on any atom is 0.248 e. The number of pyridine rings is 1. The van der Waals surface area contributed by atoms with Gasteiger partial charge >= 0.3 is 0 Å². The minimum absolute atomic E-state index is 0.0358. The number of fused-ring (bicyclic) bond motifs is 1. The van der Waals surface area contributed by atoms with Crippen molar-refractivity contribution >= 4 is 30.9 Å². The number of hydrogen-bond donors (Lipinski definition) is 3. The van der Waals surface area contributed by atoms with Crippen LogP contribution in [0.2, 0.25) is 0 Å².